The summed E-state index contributed by atoms with van der Waals surface area (Å²) in [5.41, 5.74) is 0.104. The Morgan fingerprint density at radius 1 is 1.25 bits per heavy atom. The monoisotopic (exact) mass is 368 g/mol. The molecule has 7 heteroatoms. The van der Waals surface area contributed by atoms with Gasteiger partial charge < -0.3 is 10.6 Å². The van der Waals surface area contributed by atoms with Crippen LogP contribution in [0.15, 0.2) is 29.2 Å². The van der Waals surface area contributed by atoms with Gasteiger partial charge in [0.1, 0.15) is 0 Å². The van der Waals surface area contributed by atoms with Gasteiger partial charge in [0, 0.05) is 10.1 Å². The third-order valence-electron chi connectivity index (χ3n) is 4.65. The van der Waals surface area contributed by atoms with Crippen LogP contribution in [0.4, 0.5) is 10.5 Å². The number of nitrogens with one attached hydrogen (secondary N) is 2. The molecule has 2 amide bonds. The fraction of sp³-hybridized carbons (Fsp3) is 0.588. The SMILES string of the molecule is CC1(NC(=O)Nc2ccccc2SC2CCCC2)CCS(=O)(=O)C1. The number of hydrogen-bond acceptors (Lipinski definition) is 4. The van der Waals surface area contributed by atoms with Crippen LogP contribution in [0.3, 0.4) is 0 Å². The van der Waals surface area contributed by atoms with E-state index in [-0.39, 0.29) is 17.5 Å². The first-order chi connectivity index (χ1) is 11.4. The van der Waals surface area contributed by atoms with E-state index in [1.54, 1.807) is 6.92 Å². The summed E-state index contributed by atoms with van der Waals surface area (Å²) in [7, 11) is -3.04. The summed E-state index contributed by atoms with van der Waals surface area (Å²) in [6.07, 6.45) is 5.46. The van der Waals surface area contributed by atoms with Crippen LogP contribution in [0, 0.1) is 0 Å². The predicted molar refractivity (Wildman–Crippen MR) is 98.4 cm³/mol. The highest BCUT2D eigenvalue weighted by Crippen LogP contribution is 2.38. The zero-order chi connectivity index (χ0) is 17.2. The Labute approximate surface area is 147 Å². The summed E-state index contributed by atoms with van der Waals surface area (Å²) in [6.45, 7) is 1.79. The van der Waals surface area contributed by atoms with Gasteiger partial charge in [0.2, 0.25) is 0 Å². The second-order valence-corrected chi connectivity index (χ2v) is 10.5. The molecule has 1 atom stereocenters. The standard InChI is InChI=1S/C17H24N2O3S2/c1-17(10-11-24(21,22)12-17)19-16(20)18-14-8-4-5-9-15(14)23-13-6-2-3-7-13/h4-5,8-9,13H,2-3,6-7,10-12H2,1H3,(H2,18,19,20). The van der Waals surface area contributed by atoms with Gasteiger partial charge >= 0.3 is 6.03 Å². The Kier molecular flexibility index (Phi) is 5.11. The molecular formula is C17H24N2O3S2. The van der Waals surface area contributed by atoms with Crippen LogP contribution in [0.25, 0.3) is 0 Å². The molecule has 132 valence electrons. The van der Waals surface area contributed by atoms with Gasteiger partial charge in [-0.25, -0.2) is 13.2 Å². The molecule has 2 aliphatic rings. The highest BCUT2D eigenvalue weighted by Gasteiger charge is 2.39. The maximum atomic E-state index is 12.3. The smallest absolute Gasteiger partial charge is 0.319 e. The van der Waals surface area contributed by atoms with E-state index in [4.69, 9.17) is 0 Å². The topological polar surface area (TPSA) is 75.3 Å². The van der Waals surface area contributed by atoms with Crippen LogP contribution in [-0.4, -0.2) is 36.7 Å². The van der Waals surface area contributed by atoms with E-state index in [2.05, 4.69) is 10.6 Å². The number of amides is 2. The van der Waals surface area contributed by atoms with Crippen LogP contribution in [0.1, 0.15) is 39.0 Å². The molecule has 1 unspecified atom stereocenters. The van der Waals surface area contributed by atoms with Crippen LogP contribution >= 0.6 is 11.8 Å². The van der Waals surface area contributed by atoms with Crippen molar-refractivity contribution in [3.8, 4) is 0 Å². The number of benzene rings is 1. The lowest BCUT2D eigenvalue weighted by atomic mass is 10.0. The number of urea groups is 1. The van der Waals surface area contributed by atoms with Crippen LogP contribution in [0.5, 0.6) is 0 Å². The largest absolute Gasteiger partial charge is 0.332 e. The van der Waals surface area contributed by atoms with Crippen molar-refractivity contribution in [2.45, 2.75) is 54.7 Å². The molecule has 5 nitrogen and oxygen atoms in total. The van der Waals surface area contributed by atoms with Gasteiger partial charge in [0.05, 0.1) is 22.7 Å². The molecule has 1 aromatic carbocycles. The Morgan fingerprint density at radius 2 is 1.96 bits per heavy atom. The predicted octanol–water partition coefficient (Wildman–Crippen LogP) is 3.42. The molecule has 1 heterocycles. The third kappa shape index (κ3) is 4.45. The third-order valence-corrected chi connectivity index (χ3v) is 7.97. The van der Waals surface area contributed by atoms with Crippen molar-refractivity contribution in [2.75, 3.05) is 16.8 Å². The summed E-state index contributed by atoms with van der Waals surface area (Å²) in [5.74, 6) is 0.143. The van der Waals surface area contributed by atoms with Gasteiger partial charge in [0.25, 0.3) is 0 Å². The van der Waals surface area contributed by atoms with Gasteiger partial charge in [0.15, 0.2) is 9.84 Å². The average molecular weight is 369 g/mol. The summed E-state index contributed by atoms with van der Waals surface area (Å²) in [4.78, 5) is 13.4. The van der Waals surface area contributed by atoms with Gasteiger partial charge in [-0.05, 0) is 38.3 Å². The van der Waals surface area contributed by atoms with Gasteiger partial charge in [-0.1, -0.05) is 25.0 Å². The Morgan fingerprint density at radius 3 is 2.62 bits per heavy atom. The second-order valence-electron chi connectivity index (χ2n) is 7.00. The molecule has 3 rings (SSSR count). The number of thioether (sulfide) groups is 1. The van der Waals surface area contributed by atoms with Crippen molar-refractivity contribution in [2.24, 2.45) is 0 Å². The minimum Gasteiger partial charge on any atom is -0.332 e. The lowest BCUT2D eigenvalue weighted by Crippen LogP contribution is -2.48. The zero-order valence-electron chi connectivity index (χ0n) is 13.9. The summed E-state index contributed by atoms with van der Waals surface area (Å²) >= 11 is 1.82. The number of anilines is 1. The van der Waals surface area contributed by atoms with E-state index in [1.165, 1.54) is 25.7 Å². The van der Waals surface area contributed by atoms with Crippen molar-refractivity contribution in [3.63, 3.8) is 0 Å². The van der Waals surface area contributed by atoms with Crippen LogP contribution in [0.2, 0.25) is 0 Å². The van der Waals surface area contributed by atoms with Gasteiger partial charge in [-0.3, -0.25) is 0 Å². The van der Waals surface area contributed by atoms with Crippen molar-refractivity contribution < 1.29 is 13.2 Å². The second kappa shape index (κ2) is 6.96. The Bertz CT molecular complexity index is 714. The molecule has 1 aliphatic carbocycles. The number of carbonyl (C=O) groups excluding carboxylic acids is 1. The molecular weight excluding hydrogens is 344 g/mol. The molecule has 0 radical (unpaired) electrons. The zero-order valence-corrected chi connectivity index (χ0v) is 15.5. The van der Waals surface area contributed by atoms with Gasteiger partial charge in [-0.2, -0.15) is 0 Å². The summed E-state index contributed by atoms with van der Waals surface area (Å²) < 4.78 is 23.3. The molecule has 24 heavy (non-hydrogen) atoms. The van der Waals surface area contributed by atoms with Crippen molar-refractivity contribution in [3.05, 3.63) is 24.3 Å². The Balaban J connectivity index is 1.64. The first kappa shape index (κ1) is 17.6. The molecule has 2 N–H and O–H groups in total. The lowest BCUT2D eigenvalue weighted by molar-refractivity contribution is 0.242. The number of rotatable bonds is 4. The number of carbonyl (C=O) groups is 1. The molecule has 0 spiro atoms. The molecule has 1 saturated carbocycles. The highest BCUT2D eigenvalue weighted by molar-refractivity contribution is 8.00. The molecule has 1 aromatic rings. The van der Waals surface area contributed by atoms with Crippen molar-refractivity contribution in [1.29, 1.82) is 0 Å². The average Bonchev–Trinajstić information content (AvgIpc) is 3.08. The first-order valence-corrected chi connectivity index (χ1v) is 11.1. The van der Waals surface area contributed by atoms with Crippen molar-refractivity contribution in [1.82, 2.24) is 5.32 Å². The van der Waals surface area contributed by atoms with Crippen molar-refractivity contribution >= 4 is 33.3 Å². The van der Waals surface area contributed by atoms with E-state index in [1.807, 2.05) is 36.0 Å². The minimum atomic E-state index is -3.04. The number of para-hydroxylation sites is 1. The fourth-order valence-electron chi connectivity index (χ4n) is 3.40. The minimum absolute atomic E-state index is 0.00584. The molecule has 1 aliphatic heterocycles. The van der Waals surface area contributed by atoms with Crippen LogP contribution in [-0.2, 0) is 9.84 Å². The molecule has 1 saturated heterocycles. The maximum absolute atomic E-state index is 12.3. The number of sulfone groups is 1. The van der Waals surface area contributed by atoms with E-state index in [9.17, 15) is 13.2 Å². The highest BCUT2D eigenvalue weighted by atomic mass is 32.2. The fourth-order valence-corrected chi connectivity index (χ4v) is 6.82. The number of hydrogen-bond donors (Lipinski definition) is 2. The van der Waals surface area contributed by atoms with Crippen LogP contribution < -0.4 is 10.6 Å². The quantitative estimate of drug-likeness (QED) is 0.854. The maximum Gasteiger partial charge on any atom is 0.319 e. The van der Waals surface area contributed by atoms with E-state index >= 15 is 0 Å². The lowest BCUT2D eigenvalue weighted by Gasteiger charge is -2.24. The summed E-state index contributed by atoms with van der Waals surface area (Å²) in [6, 6.07) is 7.46. The Hall–Kier alpha value is -1.21. The molecule has 0 aromatic heterocycles. The van der Waals surface area contributed by atoms with E-state index in [0.29, 0.717) is 11.7 Å². The first-order valence-electron chi connectivity index (χ1n) is 8.41. The molecule has 0 bridgehead atoms. The molecule has 2 fully saturated rings. The van der Waals surface area contributed by atoms with E-state index in [0.717, 1.165) is 10.6 Å². The van der Waals surface area contributed by atoms with E-state index < -0.39 is 15.4 Å². The normalized spacial score (nSPS) is 26.4. The summed E-state index contributed by atoms with van der Waals surface area (Å²) in [5, 5.41) is 6.36. The van der Waals surface area contributed by atoms with Gasteiger partial charge in [-0.15, -0.1) is 11.8 Å².